The quantitative estimate of drug-likeness (QED) is 0.718. The number of nitrogens with zero attached hydrogens (tertiary/aromatic N) is 1. The minimum atomic E-state index is -1.00. The molecule has 0 fully saturated rings. The fourth-order valence-electron chi connectivity index (χ4n) is 2.57. The summed E-state index contributed by atoms with van der Waals surface area (Å²) in [7, 11) is 0. The summed E-state index contributed by atoms with van der Waals surface area (Å²) in [5.41, 5.74) is 2.98. The second-order valence-corrected chi connectivity index (χ2v) is 5.96. The number of amides is 1. The third-order valence-electron chi connectivity index (χ3n) is 4.23. The molecule has 0 radical (unpaired) electrons. The van der Waals surface area contributed by atoms with Crippen LogP contribution in [-0.2, 0) is 4.79 Å². The Bertz CT molecular complexity index is 802. The maximum Gasteiger partial charge on any atom is 0.227 e. The summed E-state index contributed by atoms with van der Waals surface area (Å²) in [6.45, 7) is 5.94. The highest BCUT2D eigenvalue weighted by molar-refractivity contribution is 6.00. The van der Waals surface area contributed by atoms with Gasteiger partial charge in [0.25, 0.3) is 0 Å². The van der Waals surface area contributed by atoms with Crippen molar-refractivity contribution in [3.05, 3.63) is 64.7 Å². The van der Waals surface area contributed by atoms with Crippen LogP contribution < -0.4 is 4.90 Å². The van der Waals surface area contributed by atoms with E-state index in [1.54, 1.807) is 13.0 Å². The van der Waals surface area contributed by atoms with E-state index < -0.39 is 11.6 Å². The maximum absolute atomic E-state index is 13.4. The molecule has 0 unspecified atom stereocenters. The van der Waals surface area contributed by atoms with Crippen LogP contribution in [0.15, 0.2) is 36.4 Å². The zero-order valence-corrected chi connectivity index (χ0v) is 14.6. The predicted molar refractivity (Wildman–Crippen MR) is 93.9 cm³/mol. The van der Waals surface area contributed by atoms with E-state index in [4.69, 9.17) is 0 Å². The first-order chi connectivity index (χ1) is 11.8. The molecule has 0 spiro atoms. The fourth-order valence-corrected chi connectivity index (χ4v) is 2.57. The van der Waals surface area contributed by atoms with Gasteiger partial charge in [0, 0.05) is 36.7 Å². The van der Waals surface area contributed by atoms with Crippen molar-refractivity contribution in [3.63, 3.8) is 0 Å². The van der Waals surface area contributed by atoms with Crippen LogP contribution in [0, 0.1) is 25.5 Å². The molecule has 0 saturated carbocycles. The zero-order chi connectivity index (χ0) is 18.6. The van der Waals surface area contributed by atoms with Crippen molar-refractivity contribution in [2.45, 2.75) is 33.6 Å². The SMILES string of the molecule is CCN(C(=O)CCC(=O)c1ccc(C)c(C)c1)c1ccc(F)c(F)c1. The summed E-state index contributed by atoms with van der Waals surface area (Å²) in [5, 5.41) is 0. The molecule has 0 aromatic heterocycles. The molecular weight excluding hydrogens is 324 g/mol. The van der Waals surface area contributed by atoms with Crippen molar-refractivity contribution in [2.75, 3.05) is 11.4 Å². The Hall–Kier alpha value is -2.56. The lowest BCUT2D eigenvalue weighted by Crippen LogP contribution is -2.31. The highest BCUT2D eigenvalue weighted by atomic mass is 19.2. The van der Waals surface area contributed by atoms with Crippen LogP contribution in [0.3, 0.4) is 0 Å². The molecule has 5 heteroatoms. The largest absolute Gasteiger partial charge is 0.313 e. The van der Waals surface area contributed by atoms with Crippen molar-refractivity contribution < 1.29 is 18.4 Å². The van der Waals surface area contributed by atoms with E-state index in [2.05, 4.69) is 0 Å². The molecule has 2 aromatic rings. The minimum absolute atomic E-state index is 0.0125. The molecule has 0 N–H and O–H groups in total. The number of carbonyl (C=O) groups excluding carboxylic acids is 2. The van der Waals surface area contributed by atoms with Crippen LogP contribution in [-0.4, -0.2) is 18.2 Å². The normalized spacial score (nSPS) is 10.6. The van der Waals surface area contributed by atoms with Gasteiger partial charge in [-0.25, -0.2) is 8.78 Å². The maximum atomic E-state index is 13.4. The second-order valence-electron chi connectivity index (χ2n) is 5.96. The third kappa shape index (κ3) is 4.50. The van der Waals surface area contributed by atoms with Crippen LogP contribution in [0.5, 0.6) is 0 Å². The summed E-state index contributed by atoms with van der Waals surface area (Å²) >= 11 is 0. The third-order valence-corrected chi connectivity index (χ3v) is 4.23. The summed E-state index contributed by atoms with van der Waals surface area (Å²) in [4.78, 5) is 26.0. The van der Waals surface area contributed by atoms with Crippen LogP contribution >= 0.6 is 0 Å². The van der Waals surface area contributed by atoms with Crippen LogP contribution in [0.2, 0.25) is 0 Å². The van der Waals surface area contributed by atoms with Crippen LogP contribution in [0.1, 0.15) is 41.3 Å². The minimum Gasteiger partial charge on any atom is -0.313 e. The molecule has 132 valence electrons. The Kier molecular flexibility index (Phi) is 6.02. The van der Waals surface area contributed by atoms with Gasteiger partial charge in [0.1, 0.15) is 0 Å². The predicted octanol–water partition coefficient (Wildman–Crippen LogP) is 4.60. The molecule has 2 rings (SSSR count). The van der Waals surface area contributed by atoms with E-state index in [0.29, 0.717) is 12.1 Å². The number of rotatable bonds is 6. The van der Waals surface area contributed by atoms with E-state index in [1.807, 2.05) is 26.0 Å². The Morgan fingerprint density at radius 2 is 1.64 bits per heavy atom. The van der Waals surface area contributed by atoms with Gasteiger partial charge in [0.2, 0.25) is 5.91 Å². The van der Waals surface area contributed by atoms with E-state index >= 15 is 0 Å². The van der Waals surface area contributed by atoms with Crippen molar-refractivity contribution in [2.24, 2.45) is 0 Å². The van der Waals surface area contributed by atoms with Crippen LogP contribution in [0.4, 0.5) is 14.5 Å². The zero-order valence-electron chi connectivity index (χ0n) is 14.6. The highest BCUT2D eigenvalue weighted by Gasteiger charge is 2.17. The van der Waals surface area contributed by atoms with Gasteiger partial charge in [-0.3, -0.25) is 9.59 Å². The Morgan fingerprint density at radius 1 is 0.920 bits per heavy atom. The molecule has 0 saturated heterocycles. The van der Waals surface area contributed by atoms with Gasteiger partial charge in [-0.05, 0) is 50.1 Å². The number of aryl methyl sites for hydroxylation is 2. The molecule has 0 atom stereocenters. The number of Topliss-reactive ketones (excluding diaryl/α,β-unsaturated/α-hetero) is 1. The first kappa shape index (κ1) is 18.8. The molecular formula is C20H21F2NO2. The van der Waals surface area contributed by atoms with Gasteiger partial charge in [0.15, 0.2) is 17.4 Å². The lowest BCUT2D eigenvalue weighted by atomic mass is 10.0. The monoisotopic (exact) mass is 345 g/mol. The summed E-state index contributed by atoms with van der Waals surface area (Å²) in [6, 6.07) is 8.77. The number of hydrogen-bond acceptors (Lipinski definition) is 2. The summed E-state index contributed by atoms with van der Waals surface area (Å²) in [5.74, 6) is -2.38. The number of ketones is 1. The van der Waals surface area contributed by atoms with Crippen LogP contribution in [0.25, 0.3) is 0 Å². The van der Waals surface area contributed by atoms with E-state index in [-0.39, 0.29) is 30.2 Å². The first-order valence-electron chi connectivity index (χ1n) is 8.19. The van der Waals surface area contributed by atoms with E-state index in [0.717, 1.165) is 23.3 Å². The van der Waals surface area contributed by atoms with Gasteiger partial charge in [-0.2, -0.15) is 0 Å². The van der Waals surface area contributed by atoms with Crippen molar-refractivity contribution in [1.82, 2.24) is 0 Å². The number of carbonyl (C=O) groups is 2. The van der Waals surface area contributed by atoms with E-state index in [9.17, 15) is 18.4 Å². The Labute approximate surface area is 146 Å². The van der Waals surface area contributed by atoms with Crippen molar-refractivity contribution in [3.8, 4) is 0 Å². The number of halogens is 2. The summed E-state index contributed by atoms with van der Waals surface area (Å²) in [6.07, 6.45) is 0.0834. The Balaban J connectivity index is 2.05. The lowest BCUT2D eigenvalue weighted by Gasteiger charge is -2.21. The van der Waals surface area contributed by atoms with Crippen molar-refractivity contribution in [1.29, 1.82) is 0 Å². The molecule has 25 heavy (non-hydrogen) atoms. The molecule has 0 aliphatic carbocycles. The number of hydrogen-bond donors (Lipinski definition) is 0. The average Bonchev–Trinajstić information content (AvgIpc) is 2.59. The molecule has 2 aromatic carbocycles. The summed E-state index contributed by atoms with van der Waals surface area (Å²) < 4.78 is 26.4. The molecule has 0 aliphatic rings. The Morgan fingerprint density at radius 3 is 2.24 bits per heavy atom. The topological polar surface area (TPSA) is 37.4 Å². The standard InChI is InChI=1S/C20H21F2NO2/c1-4-23(16-7-8-17(21)18(22)12-16)20(25)10-9-19(24)15-6-5-13(2)14(3)11-15/h5-8,11-12H,4,9-10H2,1-3H3. The van der Waals surface area contributed by atoms with Gasteiger partial charge in [-0.15, -0.1) is 0 Å². The molecule has 1 amide bonds. The first-order valence-corrected chi connectivity index (χ1v) is 8.19. The smallest absolute Gasteiger partial charge is 0.227 e. The molecule has 0 bridgehead atoms. The van der Waals surface area contributed by atoms with Gasteiger partial charge in [-0.1, -0.05) is 12.1 Å². The van der Waals surface area contributed by atoms with Gasteiger partial charge in [0.05, 0.1) is 0 Å². The molecule has 0 heterocycles. The van der Waals surface area contributed by atoms with Gasteiger partial charge >= 0.3 is 0 Å². The van der Waals surface area contributed by atoms with Gasteiger partial charge < -0.3 is 4.90 Å². The second kappa shape index (κ2) is 8.01. The number of anilines is 1. The highest BCUT2D eigenvalue weighted by Crippen LogP contribution is 2.20. The lowest BCUT2D eigenvalue weighted by molar-refractivity contribution is -0.118. The molecule has 0 aliphatic heterocycles. The van der Waals surface area contributed by atoms with E-state index in [1.165, 1.54) is 11.0 Å². The van der Waals surface area contributed by atoms with Crippen molar-refractivity contribution >= 4 is 17.4 Å². The molecule has 3 nitrogen and oxygen atoms in total. The number of benzene rings is 2. The fraction of sp³-hybridized carbons (Fsp3) is 0.300. The average molecular weight is 345 g/mol.